The van der Waals surface area contributed by atoms with Gasteiger partial charge in [0.15, 0.2) is 11.5 Å². The van der Waals surface area contributed by atoms with E-state index in [0.29, 0.717) is 32.0 Å². The first kappa shape index (κ1) is 20.5. The third-order valence-electron chi connectivity index (χ3n) is 5.31. The fraction of sp³-hybridized carbons (Fsp3) is 0.300. The number of hydrogen-bond acceptors (Lipinski definition) is 6. The van der Waals surface area contributed by atoms with Crippen LogP contribution in [-0.2, 0) is 17.5 Å². The van der Waals surface area contributed by atoms with Crippen molar-refractivity contribution in [3.05, 3.63) is 47.7 Å². The van der Waals surface area contributed by atoms with Gasteiger partial charge in [0.1, 0.15) is 17.2 Å². The number of thiazole rings is 1. The largest absolute Gasteiger partial charge is 0.435 e. The number of halogens is 3. The molecule has 0 atom stereocenters. The molecule has 4 heterocycles. The highest BCUT2D eigenvalue weighted by atomic mass is 32.1. The van der Waals surface area contributed by atoms with Crippen molar-refractivity contribution < 1.29 is 18.0 Å². The molecule has 0 spiro atoms. The number of aromatic nitrogens is 5. The molecule has 1 saturated heterocycles. The summed E-state index contributed by atoms with van der Waals surface area (Å²) in [5.41, 5.74) is 3.33. The highest BCUT2D eigenvalue weighted by molar-refractivity contribution is 7.14. The van der Waals surface area contributed by atoms with Crippen molar-refractivity contribution in [2.24, 2.45) is 0 Å². The van der Waals surface area contributed by atoms with Crippen LogP contribution in [0.1, 0.15) is 5.69 Å². The Balaban J connectivity index is 1.24. The summed E-state index contributed by atoms with van der Waals surface area (Å²) in [7, 11) is 0. The summed E-state index contributed by atoms with van der Waals surface area (Å²) in [6.45, 7) is 1.89. The molecule has 1 amide bonds. The SMILES string of the molecule is O=C(Cn1ccc(C(F)(F)F)n1)N1CCN(c2scnc2-c2nc3ccccc3[nH]2)CC1. The maximum absolute atomic E-state index is 12.7. The number of nitrogens with zero attached hydrogens (tertiary/aromatic N) is 6. The number of benzene rings is 1. The van der Waals surface area contributed by atoms with Gasteiger partial charge in [0, 0.05) is 32.4 Å². The molecule has 12 heteroatoms. The van der Waals surface area contributed by atoms with Crippen LogP contribution in [0.5, 0.6) is 0 Å². The van der Waals surface area contributed by atoms with Gasteiger partial charge in [0.2, 0.25) is 5.91 Å². The maximum atomic E-state index is 12.7. The van der Waals surface area contributed by atoms with Crippen molar-refractivity contribution >= 4 is 33.3 Å². The highest BCUT2D eigenvalue weighted by Gasteiger charge is 2.34. The van der Waals surface area contributed by atoms with Gasteiger partial charge in [-0.1, -0.05) is 12.1 Å². The predicted octanol–water partition coefficient (Wildman–Crippen LogP) is 3.25. The zero-order valence-corrected chi connectivity index (χ0v) is 17.5. The maximum Gasteiger partial charge on any atom is 0.435 e. The van der Waals surface area contributed by atoms with E-state index in [1.54, 1.807) is 10.4 Å². The molecule has 4 aromatic rings. The molecule has 0 bridgehead atoms. The van der Waals surface area contributed by atoms with Gasteiger partial charge in [-0.05, 0) is 18.2 Å². The number of hydrogen-bond donors (Lipinski definition) is 1. The molecular formula is C20H18F3N7OS. The number of aromatic amines is 1. The van der Waals surface area contributed by atoms with E-state index in [1.807, 2.05) is 24.3 Å². The Kier molecular flexibility index (Phi) is 5.08. The van der Waals surface area contributed by atoms with Gasteiger partial charge in [0.25, 0.3) is 0 Å². The van der Waals surface area contributed by atoms with Gasteiger partial charge < -0.3 is 14.8 Å². The summed E-state index contributed by atoms with van der Waals surface area (Å²) in [6, 6.07) is 8.63. The summed E-state index contributed by atoms with van der Waals surface area (Å²) in [5.74, 6) is 0.434. The van der Waals surface area contributed by atoms with Gasteiger partial charge in [0.05, 0.1) is 16.5 Å². The van der Waals surface area contributed by atoms with Crippen LogP contribution in [0, 0.1) is 0 Å². The van der Waals surface area contributed by atoms with Crippen molar-refractivity contribution in [2.75, 3.05) is 31.1 Å². The molecule has 8 nitrogen and oxygen atoms in total. The molecule has 166 valence electrons. The number of alkyl halides is 3. The van der Waals surface area contributed by atoms with Gasteiger partial charge in [-0.3, -0.25) is 9.48 Å². The minimum atomic E-state index is -4.52. The van der Waals surface area contributed by atoms with Crippen LogP contribution in [0.3, 0.4) is 0 Å². The molecule has 0 unspecified atom stereocenters. The van der Waals surface area contributed by atoms with Crippen LogP contribution in [0.2, 0.25) is 0 Å². The van der Waals surface area contributed by atoms with Crippen LogP contribution in [-0.4, -0.2) is 61.7 Å². The number of rotatable bonds is 4. The monoisotopic (exact) mass is 461 g/mol. The Morgan fingerprint density at radius 2 is 1.91 bits per heavy atom. The zero-order valence-electron chi connectivity index (χ0n) is 16.7. The first-order chi connectivity index (χ1) is 15.4. The zero-order chi connectivity index (χ0) is 22.3. The number of para-hydroxylation sites is 2. The Labute approximate surface area is 184 Å². The van der Waals surface area contributed by atoms with Crippen LogP contribution in [0.4, 0.5) is 18.2 Å². The number of carbonyl (C=O) groups is 1. The topological polar surface area (TPSA) is 82.9 Å². The van der Waals surface area contributed by atoms with Crippen molar-refractivity contribution in [3.63, 3.8) is 0 Å². The van der Waals surface area contributed by atoms with Crippen LogP contribution in [0.15, 0.2) is 42.0 Å². The summed E-state index contributed by atoms with van der Waals surface area (Å²) in [5, 5.41) is 4.42. The lowest BCUT2D eigenvalue weighted by Crippen LogP contribution is -2.49. The number of anilines is 1. The molecule has 3 aromatic heterocycles. The van der Waals surface area contributed by atoms with E-state index in [2.05, 4.69) is 25.0 Å². The Bertz CT molecular complexity index is 1220. The lowest BCUT2D eigenvalue weighted by atomic mass is 10.3. The van der Waals surface area contributed by atoms with Crippen LogP contribution >= 0.6 is 11.3 Å². The number of amides is 1. The van der Waals surface area contributed by atoms with Gasteiger partial charge in [-0.2, -0.15) is 18.3 Å². The first-order valence-electron chi connectivity index (χ1n) is 9.90. The molecule has 32 heavy (non-hydrogen) atoms. The molecule has 1 aliphatic heterocycles. The van der Waals surface area contributed by atoms with E-state index in [-0.39, 0.29) is 12.5 Å². The minimum absolute atomic E-state index is 0.221. The average molecular weight is 461 g/mol. The summed E-state index contributed by atoms with van der Waals surface area (Å²) < 4.78 is 39.1. The van der Waals surface area contributed by atoms with E-state index in [1.165, 1.54) is 17.5 Å². The van der Waals surface area contributed by atoms with E-state index in [9.17, 15) is 18.0 Å². The third-order valence-corrected chi connectivity index (χ3v) is 6.20. The fourth-order valence-electron chi connectivity index (χ4n) is 3.69. The number of fused-ring (bicyclic) bond motifs is 1. The smallest absolute Gasteiger partial charge is 0.358 e. The van der Waals surface area contributed by atoms with E-state index >= 15 is 0 Å². The van der Waals surface area contributed by atoms with E-state index in [4.69, 9.17) is 0 Å². The van der Waals surface area contributed by atoms with E-state index in [0.717, 1.165) is 32.5 Å². The Morgan fingerprint density at radius 3 is 2.62 bits per heavy atom. The first-order valence-corrected chi connectivity index (χ1v) is 10.8. The van der Waals surface area contributed by atoms with Crippen molar-refractivity contribution in [1.29, 1.82) is 0 Å². The molecule has 1 aromatic carbocycles. The second-order valence-corrected chi connectivity index (χ2v) is 8.21. The number of nitrogens with one attached hydrogen (secondary N) is 1. The average Bonchev–Trinajstić information content (AvgIpc) is 3.51. The lowest BCUT2D eigenvalue weighted by Gasteiger charge is -2.35. The summed E-state index contributed by atoms with van der Waals surface area (Å²) in [4.78, 5) is 28.8. The second kappa shape index (κ2) is 7.93. The van der Waals surface area contributed by atoms with Gasteiger partial charge in [-0.25, -0.2) is 9.97 Å². The molecule has 0 radical (unpaired) electrons. The van der Waals surface area contributed by atoms with E-state index < -0.39 is 11.9 Å². The molecule has 5 rings (SSSR count). The predicted molar refractivity (Wildman–Crippen MR) is 113 cm³/mol. The highest BCUT2D eigenvalue weighted by Crippen LogP contribution is 2.34. The fourth-order valence-corrected chi connectivity index (χ4v) is 4.54. The lowest BCUT2D eigenvalue weighted by molar-refractivity contribution is -0.142. The number of imidazole rings is 1. The Hall–Kier alpha value is -3.41. The van der Waals surface area contributed by atoms with Crippen molar-refractivity contribution in [3.8, 4) is 11.5 Å². The molecule has 0 saturated carbocycles. The molecule has 0 aliphatic carbocycles. The molecule has 1 aliphatic rings. The summed E-state index contributed by atoms with van der Waals surface area (Å²) in [6.07, 6.45) is -3.35. The number of H-pyrrole nitrogens is 1. The van der Waals surface area contributed by atoms with Gasteiger partial charge >= 0.3 is 6.18 Å². The number of carbonyl (C=O) groups excluding carboxylic acids is 1. The van der Waals surface area contributed by atoms with Gasteiger partial charge in [-0.15, -0.1) is 11.3 Å². The minimum Gasteiger partial charge on any atom is -0.358 e. The molecule has 1 N–H and O–H groups in total. The molecular weight excluding hydrogens is 443 g/mol. The standard InChI is InChI=1S/C20H18F3N7OS/c21-20(22,23)15-5-6-30(27-15)11-16(31)28-7-9-29(10-8-28)19-17(24-12-32-19)18-25-13-3-1-2-4-14(13)26-18/h1-6,12H,7-11H2,(H,25,26). The van der Waals surface area contributed by atoms with Crippen molar-refractivity contribution in [1.82, 2.24) is 29.6 Å². The van der Waals surface area contributed by atoms with Crippen LogP contribution < -0.4 is 4.90 Å². The van der Waals surface area contributed by atoms with Crippen molar-refractivity contribution in [2.45, 2.75) is 12.7 Å². The quantitative estimate of drug-likeness (QED) is 0.505. The second-order valence-electron chi connectivity index (χ2n) is 7.37. The third kappa shape index (κ3) is 3.93. The number of piperazine rings is 1. The summed E-state index contributed by atoms with van der Waals surface area (Å²) >= 11 is 1.51. The van der Waals surface area contributed by atoms with Crippen LogP contribution in [0.25, 0.3) is 22.6 Å². The Morgan fingerprint density at radius 1 is 1.12 bits per heavy atom. The molecule has 1 fully saturated rings. The normalized spacial score (nSPS) is 15.0.